The van der Waals surface area contributed by atoms with Crippen LogP contribution in [0.4, 0.5) is 5.69 Å². The molecule has 6 heteroatoms. The van der Waals surface area contributed by atoms with Gasteiger partial charge in [-0.25, -0.2) is 0 Å². The number of rotatable bonds is 6. The van der Waals surface area contributed by atoms with Crippen molar-refractivity contribution in [2.75, 3.05) is 0 Å². The number of non-ortho nitro benzene ring substituents is 1. The summed E-state index contributed by atoms with van der Waals surface area (Å²) in [6.45, 7) is 5.49. The maximum atomic E-state index is 11.1. The van der Waals surface area contributed by atoms with E-state index in [9.17, 15) is 14.9 Å². The second-order valence-corrected chi connectivity index (χ2v) is 4.80. The van der Waals surface area contributed by atoms with E-state index >= 15 is 0 Å². The van der Waals surface area contributed by atoms with Gasteiger partial charge in [0.25, 0.3) is 5.69 Å². The minimum atomic E-state index is -0.899. The van der Waals surface area contributed by atoms with Crippen molar-refractivity contribution in [1.29, 1.82) is 0 Å². The number of nitrogens with zero attached hydrogens (tertiary/aromatic N) is 1. The normalized spacial score (nSPS) is 14.1. The van der Waals surface area contributed by atoms with E-state index in [0.717, 1.165) is 5.56 Å². The monoisotopic (exact) mass is 266 g/mol. The number of hydrogen-bond donors (Lipinski definition) is 2. The molecule has 104 valence electrons. The fourth-order valence-electron chi connectivity index (χ4n) is 1.80. The number of nitro benzene ring substituents is 1. The Kier molecular flexibility index (Phi) is 5.00. The van der Waals surface area contributed by atoms with Gasteiger partial charge in [-0.2, -0.15) is 0 Å². The summed E-state index contributed by atoms with van der Waals surface area (Å²) in [6, 6.07) is 5.26. The summed E-state index contributed by atoms with van der Waals surface area (Å²) in [5, 5.41) is 22.7. The number of nitro groups is 1. The van der Waals surface area contributed by atoms with E-state index in [1.807, 2.05) is 20.8 Å². The zero-order valence-corrected chi connectivity index (χ0v) is 11.2. The van der Waals surface area contributed by atoms with E-state index in [4.69, 9.17) is 5.11 Å². The van der Waals surface area contributed by atoms with Gasteiger partial charge >= 0.3 is 5.97 Å². The number of carboxylic acid groups (broad SMARTS) is 1. The molecule has 0 heterocycles. The van der Waals surface area contributed by atoms with Gasteiger partial charge in [0.2, 0.25) is 0 Å². The van der Waals surface area contributed by atoms with Crippen LogP contribution in [-0.4, -0.2) is 22.0 Å². The Bertz CT molecular complexity index is 456. The lowest BCUT2D eigenvalue weighted by Crippen LogP contribution is -2.42. The van der Waals surface area contributed by atoms with Crippen LogP contribution >= 0.6 is 0 Å². The van der Waals surface area contributed by atoms with Crippen molar-refractivity contribution in [3.63, 3.8) is 0 Å². The minimum Gasteiger partial charge on any atom is -0.480 e. The molecule has 2 atom stereocenters. The molecule has 0 saturated carbocycles. The van der Waals surface area contributed by atoms with E-state index in [1.165, 1.54) is 12.1 Å². The first kappa shape index (κ1) is 15.1. The van der Waals surface area contributed by atoms with Gasteiger partial charge in [0.05, 0.1) is 4.92 Å². The van der Waals surface area contributed by atoms with Crippen LogP contribution < -0.4 is 5.32 Å². The van der Waals surface area contributed by atoms with Crippen LogP contribution in [-0.2, 0) is 4.79 Å². The number of carbonyl (C=O) groups is 1. The highest BCUT2D eigenvalue weighted by molar-refractivity contribution is 5.73. The molecule has 0 radical (unpaired) electrons. The van der Waals surface area contributed by atoms with Gasteiger partial charge in [-0.15, -0.1) is 0 Å². The summed E-state index contributed by atoms with van der Waals surface area (Å²) in [4.78, 5) is 21.2. The van der Waals surface area contributed by atoms with Crippen molar-refractivity contribution < 1.29 is 14.8 Å². The summed E-state index contributed by atoms with van der Waals surface area (Å²) in [5.41, 5.74) is 0.840. The van der Waals surface area contributed by atoms with Crippen LogP contribution in [0.1, 0.15) is 32.4 Å². The molecular weight excluding hydrogens is 248 g/mol. The molecule has 0 amide bonds. The molecule has 19 heavy (non-hydrogen) atoms. The van der Waals surface area contributed by atoms with Gasteiger partial charge < -0.3 is 5.11 Å². The highest BCUT2D eigenvalue weighted by Gasteiger charge is 2.23. The van der Waals surface area contributed by atoms with E-state index < -0.39 is 16.9 Å². The SMILES string of the molecule is CC(NC(C(=O)O)C(C)C)c1ccc([N+](=O)[O-])cc1. The topological polar surface area (TPSA) is 92.5 Å². The van der Waals surface area contributed by atoms with Gasteiger partial charge in [0, 0.05) is 18.2 Å². The average molecular weight is 266 g/mol. The van der Waals surface area contributed by atoms with Crippen LogP contribution in [0.15, 0.2) is 24.3 Å². The molecule has 0 aromatic heterocycles. The number of hydrogen-bond acceptors (Lipinski definition) is 4. The Morgan fingerprint density at radius 1 is 1.26 bits per heavy atom. The van der Waals surface area contributed by atoms with Crippen molar-refractivity contribution in [2.45, 2.75) is 32.9 Å². The fourth-order valence-corrected chi connectivity index (χ4v) is 1.80. The zero-order chi connectivity index (χ0) is 14.6. The predicted molar refractivity (Wildman–Crippen MR) is 70.9 cm³/mol. The zero-order valence-electron chi connectivity index (χ0n) is 11.2. The summed E-state index contributed by atoms with van der Waals surface area (Å²) in [6.07, 6.45) is 0. The molecule has 1 rings (SSSR count). The Morgan fingerprint density at radius 2 is 1.79 bits per heavy atom. The van der Waals surface area contributed by atoms with Crippen LogP contribution in [0, 0.1) is 16.0 Å². The maximum Gasteiger partial charge on any atom is 0.320 e. The summed E-state index contributed by atoms with van der Waals surface area (Å²) in [5.74, 6) is -0.943. The standard InChI is InChI=1S/C13H18N2O4/c1-8(2)12(13(16)17)14-9(3)10-4-6-11(7-5-10)15(18)19/h4-9,12,14H,1-3H3,(H,16,17). The number of aliphatic carboxylic acids is 1. The quantitative estimate of drug-likeness (QED) is 0.609. The van der Waals surface area contributed by atoms with Crippen molar-refractivity contribution in [2.24, 2.45) is 5.92 Å². The summed E-state index contributed by atoms with van der Waals surface area (Å²) < 4.78 is 0. The predicted octanol–water partition coefficient (Wildman–Crippen LogP) is 2.35. The Hall–Kier alpha value is -1.95. The molecule has 0 spiro atoms. The van der Waals surface area contributed by atoms with Crippen molar-refractivity contribution in [1.82, 2.24) is 5.32 Å². The maximum absolute atomic E-state index is 11.1. The molecule has 0 aliphatic rings. The van der Waals surface area contributed by atoms with E-state index in [0.29, 0.717) is 0 Å². The van der Waals surface area contributed by atoms with Crippen LogP contribution in [0.2, 0.25) is 0 Å². The third-order valence-electron chi connectivity index (χ3n) is 2.97. The Labute approximate surface area is 111 Å². The van der Waals surface area contributed by atoms with Gasteiger partial charge in [-0.05, 0) is 18.4 Å². The fraction of sp³-hybridized carbons (Fsp3) is 0.462. The lowest BCUT2D eigenvalue weighted by Gasteiger charge is -2.23. The lowest BCUT2D eigenvalue weighted by atomic mass is 10.0. The molecule has 1 aromatic rings. The minimum absolute atomic E-state index is 0.0228. The van der Waals surface area contributed by atoms with Crippen molar-refractivity contribution >= 4 is 11.7 Å². The summed E-state index contributed by atoms with van der Waals surface area (Å²) >= 11 is 0. The van der Waals surface area contributed by atoms with E-state index in [1.54, 1.807) is 12.1 Å². The first-order chi connectivity index (χ1) is 8.82. The molecule has 0 aliphatic carbocycles. The number of benzene rings is 1. The van der Waals surface area contributed by atoms with Crippen LogP contribution in [0.5, 0.6) is 0 Å². The van der Waals surface area contributed by atoms with Crippen molar-refractivity contribution in [3.05, 3.63) is 39.9 Å². The molecular formula is C13H18N2O4. The van der Waals surface area contributed by atoms with Crippen molar-refractivity contribution in [3.8, 4) is 0 Å². The molecule has 1 aromatic carbocycles. The lowest BCUT2D eigenvalue weighted by molar-refractivity contribution is -0.384. The first-order valence-electron chi connectivity index (χ1n) is 6.06. The third-order valence-corrected chi connectivity index (χ3v) is 2.97. The Balaban J connectivity index is 2.79. The van der Waals surface area contributed by atoms with Gasteiger partial charge in [-0.1, -0.05) is 26.0 Å². The molecule has 6 nitrogen and oxygen atoms in total. The largest absolute Gasteiger partial charge is 0.480 e. The molecule has 0 bridgehead atoms. The van der Waals surface area contributed by atoms with E-state index in [2.05, 4.69) is 5.32 Å². The summed E-state index contributed by atoms with van der Waals surface area (Å²) in [7, 11) is 0. The highest BCUT2D eigenvalue weighted by atomic mass is 16.6. The average Bonchev–Trinajstić information content (AvgIpc) is 2.34. The molecule has 2 N–H and O–H groups in total. The Morgan fingerprint density at radius 3 is 2.16 bits per heavy atom. The van der Waals surface area contributed by atoms with Gasteiger partial charge in [-0.3, -0.25) is 20.2 Å². The number of carboxylic acids is 1. The van der Waals surface area contributed by atoms with Gasteiger partial charge in [0.15, 0.2) is 0 Å². The smallest absolute Gasteiger partial charge is 0.320 e. The molecule has 2 unspecified atom stereocenters. The van der Waals surface area contributed by atoms with E-state index in [-0.39, 0.29) is 17.6 Å². The molecule has 0 aliphatic heterocycles. The second kappa shape index (κ2) is 6.29. The van der Waals surface area contributed by atoms with Crippen LogP contribution in [0.3, 0.4) is 0 Å². The van der Waals surface area contributed by atoms with Crippen LogP contribution in [0.25, 0.3) is 0 Å². The number of nitrogens with one attached hydrogen (secondary N) is 1. The third kappa shape index (κ3) is 4.03. The second-order valence-electron chi connectivity index (χ2n) is 4.80. The highest BCUT2D eigenvalue weighted by Crippen LogP contribution is 2.19. The molecule has 0 fully saturated rings. The first-order valence-corrected chi connectivity index (χ1v) is 6.06. The van der Waals surface area contributed by atoms with Gasteiger partial charge in [0.1, 0.15) is 6.04 Å². The molecule has 0 saturated heterocycles.